The highest BCUT2D eigenvalue weighted by atomic mass is 32.1. The molecule has 0 unspecified atom stereocenters. The van der Waals surface area contributed by atoms with Gasteiger partial charge in [-0.3, -0.25) is 4.57 Å². The maximum absolute atomic E-state index is 9.63. The molecule has 21 heavy (non-hydrogen) atoms. The number of aromatic nitrogens is 4. The number of nitrogens with one attached hydrogen (secondary N) is 1. The first kappa shape index (κ1) is 14.5. The lowest BCUT2D eigenvalue weighted by molar-refractivity contribution is -0.0411. The van der Waals surface area contributed by atoms with Crippen molar-refractivity contribution < 1.29 is 20.1 Å². The van der Waals surface area contributed by atoms with E-state index in [4.69, 9.17) is 17.0 Å². The van der Waals surface area contributed by atoms with Crippen LogP contribution in [0.25, 0.3) is 11.2 Å². The number of aromatic amines is 1. The van der Waals surface area contributed by atoms with Gasteiger partial charge in [-0.1, -0.05) is 12.2 Å². The van der Waals surface area contributed by atoms with Crippen LogP contribution >= 0.6 is 12.2 Å². The molecule has 4 atom stereocenters. The van der Waals surface area contributed by atoms with Gasteiger partial charge in [-0.05, 0) is 0 Å². The van der Waals surface area contributed by atoms with Crippen molar-refractivity contribution in [2.24, 2.45) is 11.8 Å². The number of rotatable bonds is 4. The molecule has 2 aromatic rings. The fourth-order valence-electron chi connectivity index (χ4n) is 2.86. The summed E-state index contributed by atoms with van der Waals surface area (Å²) in [4.78, 5) is 11.1. The number of imidazole rings is 1. The van der Waals surface area contributed by atoms with Gasteiger partial charge in [0.2, 0.25) is 0 Å². The summed E-state index contributed by atoms with van der Waals surface area (Å²) >= 11 is 5.11. The molecule has 0 radical (unpaired) electrons. The van der Waals surface area contributed by atoms with E-state index in [2.05, 4.69) is 15.0 Å². The number of nitrogens with zero attached hydrogens (tertiary/aromatic N) is 3. The summed E-state index contributed by atoms with van der Waals surface area (Å²) < 4.78 is 7.88. The highest BCUT2D eigenvalue weighted by Crippen LogP contribution is 2.39. The second-order valence-electron chi connectivity index (χ2n) is 5.00. The molecule has 1 aliphatic heterocycles. The smallest absolute Gasteiger partial charge is 0.157 e. The Bertz CT molecular complexity index is 687. The Labute approximate surface area is 125 Å². The molecule has 1 saturated heterocycles. The molecular formula is C12H16N4O4S. The first-order valence-corrected chi connectivity index (χ1v) is 7.00. The molecule has 1 fully saturated rings. The Morgan fingerprint density at radius 3 is 2.62 bits per heavy atom. The molecule has 4 N–H and O–H groups in total. The van der Waals surface area contributed by atoms with E-state index >= 15 is 0 Å². The summed E-state index contributed by atoms with van der Waals surface area (Å²) in [6.45, 7) is -0.558. The maximum Gasteiger partial charge on any atom is 0.157 e. The first-order valence-electron chi connectivity index (χ1n) is 6.59. The molecule has 0 spiro atoms. The van der Waals surface area contributed by atoms with Crippen LogP contribution < -0.4 is 0 Å². The largest absolute Gasteiger partial charge is 0.396 e. The Morgan fingerprint density at radius 1 is 1.19 bits per heavy atom. The summed E-state index contributed by atoms with van der Waals surface area (Å²) in [6.07, 6.45) is 1.96. The van der Waals surface area contributed by atoms with Crippen LogP contribution in [0.3, 0.4) is 0 Å². The SMILES string of the molecule is OC[C@@H]1[C@H](CO)[C@@H](CO)O[C@H]1n1cnc2c(=S)nc[nH]c21. The molecule has 3 heterocycles. The number of H-pyrrole nitrogens is 1. The number of ether oxygens (including phenoxy) is 1. The zero-order valence-electron chi connectivity index (χ0n) is 11.1. The van der Waals surface area contributed by atoms with Gasteiger partial charge in [-0.25, -0.2) is 9.97 Å². The van der Waals surface area contributed by atoms with Gasteiger partial charge in [0.15, 0.2) is 4.64 Å². The van der Waals surface area contributed by atoms with Crippen molar-refractivity contribution in [2.75, 3.05) is 19.8 Å². The number of hydrogen-bond acceptors (Lipinski definition) is 7. The van der Waals surface area contributed by atoms with E-state index in [0.717, 1.165) is 0 Å². The summed E-state index contributed by atoms with van der Waals surface area (Å²) in [6, 6.07) is 0. The van der Waals surface area contributed by atoms with Crippen molar-refractivity contribution in [1.29, 1.82) is 0 Å². The lowest BCUT2D eigenvalue weighted by Crippen LogP contribution is -2.29. The third-order valence-corrected chi connectivity index (χ3v) is 4.26. The molecule has 0 aliphatic carbocycles. The van der Waals surface area contributed by atoms with Crippen LogP contribution in [0.4, 0.5) is 0 Å². The minimum absolute atomic E-state index is 0.169. The van der Waals surface area contributed by atoms with E-state index < -0.39 is 12.3 Å². The van der Waals surface area contributed by atoms with E-state index in [1.807, 2.05) is 0 Å². The van der Waals surface area contributed by atoms with Crippen LogP contribution in [0.2, 0.25) is 0 Å². The van der Waals surface area contributed by atoms with E-state index in [1.165, 1.54) is 6.33 Å². The van der Waals surface area contributed by atoms with Crippen LogP contribution in [0.15, 0.2) is 12.7 Å². The first-order chi connectivity index (χ1) is 10.2. The summed E-state index contributed by atoms with van der Waals surface area (Å²) in [5.74, 6) is -0.688. The average Bonchev–Trinajstić information content (AvgIpc) is 3.07. The van der Waals surface area contributed by atoms with Gasteiger partial charge in [0.1, 0.15) is 17.4 Å². The molecule has 8 nitrogen and oxygen atoms in total. The van der Waals surface area contributed by atoms with Crippen LogP contribution in [-0.4, -0.2) is 60.8 Å². The van der Waals surface area contributed by atoms with E-state index in [0.29, 0.717) is 15.8 Å². The quantitative estimate of drug-likeness (QED) is 0.567. The molecule has 9 heteroatoms. The van der Waals surface area contributed by atoms with Gasteiger partial charge in [-0.15, -0.1) is 0 Å². The van der Waals surface area contributed by atoms with Gasteiger partial charge in [0.25, 0.3) is 0 Å². The van der Waals surface area contributed by atoms with Gasteiger partial charge < -0.3 is 25.0 Å². The second-order valence-corrected chi connectivity index (χ2v) is 5.38. The Balaban J connectivity index is 2.05. The number of fused-ring (bicyclic) bond motifs is 1. The van der Waals surface area contributed by atoms with Gasteiger partial charge in [0, 0.05) is 18.4 Å². The maximum atomic E-state index is 9.63. The fraction of sp³-hybridized carbons (Fsp3) is 0.583. The molecule has 0 saturated carbocycles. The molecule has 114 valence electrons. The molecule has 3 rings (SSSR count). The molecule has 0 amide bonds. The predicted octanol–water partition coefficient (Wildman–Crippen LogP) is -0.404. The molecular weight excluding hydrogens is 296 g/mol. The zero-order valence-corrected chi connectivity index (χ0v) is 11.9. The minimum atomic E-state index is -0.539. The fourth-order valence-corrected chi connectivity index (χ4v) is 3.07. The third-order valence-electron chi connectivity index (χ3n) is 3.96. The lowest BCUT2D eigenvalue weighted by Gasteiger charge is -2.20. The third kappa shape index (κ3) is 2.27. The van der Waals surface area contributed by atoms with E-state index in [9.17, 15) is 15.3 Å². The van der Waals surface area contributed by atoms with Crippen molar-refractivity contribution in [3.63, 3.8) is 0 Å². The topological polar surface area (TPSA) is 116 Å². The van der Waals surface area contributed by atoms with Crippen LogP contribution in [0.5, 0.6) is 0 Å². The summed E-state index contributed by atoms with van der Waals surface area (Å²) in [5, 5.41) is 28.5. The standard InChI is InChI=1S/C12H16N4O4S/c17-1-6-7(2-18)12(20-8(6)3-19)16-5-15-9-10(16)13-4-14-11(9)21/h4-8,12,17-19H,1-3H2,(H,13,14,21)/t6-,7+,8+,12+/m0/s1. The summed E-state index contributed by atoms with van der Waals surface area (Å²) in [7, 11) is 0. The number of aliphatic hydroxyl groups is 3. The molecule has 2 aromatic heterocycles. The van der Waals surface area contributed by atoms with Crippen molar-refractivity contribution in [3.8, 4) is 0 Å². The Morgan fingerprint density at radius 2 is 1.95 bits per heavy atom. The molecule has 0 bridgehead atoms. The summed E-state index contributed by atoms with van der Waals surface area (Å²) in [5.41, 5.74) is 1.18. The van der Waals surface area contributed by atoms with Crippen molar-refractivity contribution in [3.05, 3.63) is 17.3 Å². The molecule has 0 aromatic carbocycles. The zero-order chi connectivity index (χ0) is 15.0. The average molecular weight is 312 g/mol. The molecule has 1 aliphatic rings. The highest BCUT2D eigenvalue weighted by molar-refractivity contribution is 7.71. The van der Waals surface area contributed by atoms with Gasteiger partial charge in [0.05, 0.1) is 32.0 Å². The predicted molar refractivity (Wildman–Crippen MR) is 74.9 cm³/mol. The monoisotopic (exact) mass is 312 g/mol. The number of aliphatic hydroxyl groups excluding tert-OH is 3. The van der Waals surface area contributed by atoms with Crippen molar-refractivity contribution in [1.82, 2.24) is 19.5 Å². The van der Waals surface area contributed by atoms with Gasteiger partial charge in [-0.2, -0.15) is 0 Å². The van der Waals surface area contributed by atoms with E-state index in [-0.39, 0.29) is 31.7 Å². The van der Waals surface area contributed by atoms with Crippen molar-refractivity contribution >= 4 is 23.4 Å². The lowest BCUT2D eigenvalue weighted by atomic mass is 9.91. The highest BCUT2D eigenvalue weighted by Gasteiger charge is 2.44. The van der Waals surface area contributed by atoms with Crippen LogP contribution in [0.1, 0.15) is 6.23 Å². The van der Waals surface area contributed by atoms with E-state index in [1.54, 1.807) is 10.9 Å². The van der Waals surface area contributed by atoms with Crippen molar-refractivity contribution in [2.45, 2.75) is 12.3 Å². The second kappa shape index (κ2) is 5.78. The van der Waals surface area contributed by atoms with Crippen LogP contribution in [-0.2, 0) is 4.74 Å². The van der Waals surface area contributed by atoms with Crippen LogP contribution in [0, 0.1) is 16.5 Å². The normalized spacial score (nSPS) is 29.3. The Kier molecular flexibility index (Phi) is 4.00. The van der Waals surface area contributed by atoms with Gasteiger partial charge >= 0.3 is 0 Å². The number of hydrogen-bond donors (Lipinski definition) is 4. The Hall–Kier alpha value is -1.39. The minimum Gasteiger partial charge on any atom is -0.396 e.